The minimum absolute atomic E-state index is 0.182. The summed E-state index contributed by atoms with van der Waals surface area (Å²) in [6.45, 7) is 31.7. The Bertz CT molecular complexity index is 5120. The van der Waals surface area contributed by atoms with Crippen molar-refractivity contribution in [3.63, 3.8) is 0 Å². The maximum absolute atomic E-state index is 10.1. The van der Waals surface area contributed by atoms with Gasteiger partial charge in [-0.2, -0.15) is 15.0 Å². The van der Waals surface area contributed by atoms with Crippen molar-refractivity contribution in [3.05, 3.63) is 144 Å². The first kappa shape index (κ1) is 78.8. The van der Waals surface area contributed by atoms with Crippen molar-refractivity contribution in [1.82, 2.24) is 88.6 Å². The van der Waals surface area contributed by atoms with Gasteiger partial charge in [-0.15, -0.1) is 0 Å². The summed E-state index contributed by atoms with van der Waals surface area (Å²) in [7, 11) is -1.66. The minimum Gasteiger partial charge on any atom is -0.410 e. The number of nitrogens with one attached hydrogen (secondary N) is 4. The molecule has 26 heteroatoms. The summed E-state index contributed by atoms with van der Waals surface area (Å²) in [5.41, 5.74) is 13.5. The second kappa shape index (κ2) is 34.3. The van der Waals surface area contributed by atoms with Gasteiger partial charge >= 0.3 is 0 Å². The van der Waals surface area contributed by atoms with Gasteiger partial charge < -0.3 is 54.4 Å². The Hall–Kier alpha value is -9.41. The van der Waals surface area contributed by atoms with E-state index in [1.54, 1.807) is 0 Å². The van der Waals surface area contributed by atoms with Crippen LogP contribution in [0.3, 0.4) is 0 Å². The van der Waals surface area contributed by atoms with Crippen LogP contribution in [0.2, 0.25) is 18.1 Å². The lowest BCUT2D eigenvalue weighted by Gasteiger charge is -2.35. The number of aldehydes is 1. The smallest absolute Gasteiger partial charge is 0.230 e. The predicted molar refractivity (Wildman–Crippen MR) is 452 cm³/mol. The van der Waals surface area contributed by atoms with Crippen molar-refractivity contribution in [1.29, 1.82) is 0 Å². The molecule has 25 nitrogen and oxygen atoms in total. The molecule has 6 aliphatic rings. The van der Waals surface area contributed by atoms with E-state index in [-0.39, 0.29) is 24.9 Å². The van der Waals surface area contributed by atoms with Crippen LogP contribution in [0.1, 0.15) is 209 Å². The zero-order valence-electron chi connectivity index (χ0n) is 67.7. The fourth-order valence-electron chi connectivity index (χ4n) is 17.7. The Morgan fingerprint density at radius 2 is 0.823 bits per heavy atom. The van der Waals surface area contributed by atoms with Crippen molar-refractivity contribution in [2.45, 2.75) is 213 Å². The van der Waals surface area contributed by atoms with Crippen LogP contribution >= 0.6 is 0 Å². The zero-order chi connectivity index (χ0) is 78.7. The SMILES string of the molecule is CC(C)(C)[Si](C)(C)OCC=O.CC1CCC(n2c3cnccc3c3cnc(Nc4ccc5c(n4)C(C)CN(CCO)C5)nc32)CC1.CC1CCC(n2c3cnccc3c3cnc(Nc4ccc5c(n4)C(C)CN(CCO)C5)nc32)CC1.CC1CCC(n2c3cnccc3c3cnc(Nc4ccc5c(n4)C(C)CNC5)nc32)CC1. The molecule has 3 atom stereocenters. The molecular weight excluding hydrogens is 1430 g/mol. The van der Waals surface area contributed by atoms with Crippen LogP contribution in [0.4, 0.5) is 35.3 Å². The molecule has 3 fully saturated rings. The van der Waals surface area contributed by atoms with Crippen LogP contribution in [0, 0.1) is 17.8 Å². The lowest BCUT2D eigenvalue weighted by molar-refractivity contribution is -0.109. The third-order valence-electron chi connectivity index (χ3n) is 25.0. The summed E-state index contributed by atoms with van der Waals surface area (Å²) in [6, 6.07) is 20.0. The van der Waals surface area contributed by atoms with Crippen molar-refractivity contribution in [2.24, 2.45) is 17.8 Å². The number of hydrogen-bond donors (Lipinski definition) is 6. The Morgan fingerprint density at radius 1 is 0.469 bits per heavy atom. The predicted octanol–water partition coefficient (Wildman–Crippen LogP) is 16.8. The van der Waals surface area contributed by atoms with Gasteiger partial charge in [-0.25, -0.2) is 29.9 Å². The van der Waals surface area contributed by atoms with Crippen molar-refractivity contribution >= 4 is 116 Å². The van der Waals surface area contributed by atoms with E-state index in [2.05, 4.69) is 186 Å². The molecule has 6 N–H and O–H groups in total. The van der Waals surface area contributed by atoms with Gasteiger partial charge in [0.25, 0.3) is 0 Å². The summed E-state index contributed by atoms with van der Waals surface area (Å²) in [5, 5.41) is 39.1. The van der Waals surface area contributed by atoms with E-state index in [0.717, 1.165) is 158 Å². The molecular formula is C87H113N21O4Si. The first-order chi connectivity index (χ1) is 54.7. The quantitative estimate of drug-likeness (QED) is 0.0387. The summed E-state index contributed by atoms with van der Waals surface area (Å²) < 4.78 is 12.7. The molecule has 3 aliphatic heterocycles. The normalized spacial score (nSPS) is 22.2. The van der Waals surface area contributed by atoms with Crippen molar-refractivity contribution < 1.29 is 19.4 Å². The van der Waals surface area contributed by atoms with Crippen LogP contribution in [-0.2, 0) is 28.9 Å². The lowest BCUT2D eigenvalue weighted by Crippen LogP contribution is -2.41. The summed E-state index contributed by atoms with van der Waals surface area (Å²) in [6.07, 6.45) is 32.6. The monoisotopic (exact) mass is 1540 g/mol. The number of aliphatic hydroxyl groups is 2. The number of nitrogens with zero attached hydrogens (tertiary/aromatic N) is 17. The number of rotatable bonds is 16. The van der Waals surface area contributed by atoms with Gasteiger partial charge in [0, 0.05) is 158 Å². The molecule has 0 spiro atoms. The van der Waals surface area contributed by atoms with Gasteiger partial charge in [-0.3, -0.25) is 24.8 Å². The van der Waals surface area contributed by atoms with E-state index < -0.39 is 8.32 Å². The average Bonchev–Trinajstić information content (AvgIpc) is 1.60. The van der Waals surface area contributed by atoms with E-state index in [0.29, 0.717) is 66.8 Å². The third-order valence-corrected chi connectivity index (χ3v) is 29.5. The number of anilines is 6. The number of hydrogen-bond acceptors (Lipinski definition) is 22. The van der Waals surface area contributed by atoms with Crippen molar-refractivity contribution in [2.75, 3.05) is 68.5 Å². The number of β-amino-alcohol motifs (C(OH)–C–C–N with tert-alkyl or cyclic N) is 2. The number of aliphatic hydroxyl groups excluding tert-OH is 2. The Labute approximate surface area is 663 Å². The van der Waals surface area contributed by atoms with Crippen molar-refractivity contribution in [3.8, 4) is 0 Å². The highest BCUT2D eigenvalue weighted by atomic mass is 28.4. The van der Waals surface area contributed by atoms with E-state index >= 15 is 0 Å². The standard InChI is InChI=1S/2C27H33N7O.C25H29N7.C8H18O2Si/c2*1-17-3-6-20(7-4-17)34-23-14-28-10-9-21(23)22-13-29-27(32-26(22)34)31-24-8-5-19-16-33(11-12-35)15-18(2)25(19)30-24;1-15-3-6-18(7-4-15)32-21-14-26-10-9-19(21)20-13-28-25(31-24(20)32)30-22-8-5-17-12-27-11-16(2)23(17)29-22;1-8(2,3)11(4,5)10-7-6-9/h2*5,8-10,13-14,17-18,20,35H,3-4,6-7,11-12,15-16H2,1-2H3,(H,29,30,31,32);5,8-10,13-16,18,27H,3-4,6-7,11-12H2,1-2H3,(H,28,29,30,31);6H,7H2,1-5H3. The van der Waals surface area contributed by atoms with Crippen LogP contribution in [-0.4, -0.2) is 161 Å². The molecule has 12 aromatic rings. The first-order valence-corrected chi connectivity index (χ1v) is 44.2. The highest BCUT2D eigenvalue weighted by Crippen LogP contribution is 2.44. The average molecular weight is 1550 g/mol. The topological polar surface area (TPSA) is 291 Å². The zero-order valence-corrected chi connectivity index (χ0v) is 68.7. The number of carbonyl (C=O) groups is 1. The Balaban J connectivity index is 0.000000125. The molecule has 3 unspecified atom stereocenters. The molecule has 0 aromatic carbocycles. The summed E-state index contributed by atoms with van der Waals surface area (Å²) in [5.74, 6) is 7.44. The molecule has 3 saturated carbocycles. The molecule has 0 amide bonds. The summed E-state index contributed by atoms with van der Waals surface area (Å²) >= 11 is 0. The fourth-order valence-corrected chi connectivity index (χ4v) is 18.6. The molecule has 113 heavy (non-hydrogen) atoms. The van der Waals surface area contributed by atoms with Crippen LogP contribution in [0.15, 0.2) is 110 Å². The van der Waals surface area contributed by atoms with E-state index in [1.807, 2.05) is 74.0 Å². The maximum Gasteiger partial charge on any atom is 0.230 e. The van der Waals surface area contributed by atoms with Gasteiger partial charge in [0.2, 0.25) is 17.8 Å². The molecule has 0 bridgehead atoms. The minimum atomic E-state index is -1.66. The van der Waals surface area contributed by atoms with Crippen LogP contribution in [0.25, 0.3) is 65.8 Å². The lowest BCUT2D eigenvalue weighted by atomic mass is 9.87. The van der Waals surface area contributed by atoms with Gasteiger partial charge in [-0.05, 0) is 166 Å². The highest BCUT2D eigenvalue weighted by Gasteiger charge is 2.37. The van der Waals surface area contributed by atoms with Gasteiger partial charge in [0.1, 0.15) is 40.7 Å². The second-order valence-electron chi connectivity index (χ2n) is 34.4. The number of pyridine rings is 6. The highest BCUT2D eigenvalue weighted by molar-refractivity contribution is 6.74. The molecule has 594 valence electrons. The Morgan fingerprint density at radius 3 is 1.17 bits per heavy atom. The number of fused-ring (bicyclic) bond motifs is 12. The fraction of sp³-hybridized carbons (Fsp3) is 0.506. The van der Waals surface area contributed by atoms with E-state index in [9.17, 15) is 15.0 Å². The number of carbonyl (C=O) groups excluding carboxylic acids is 1. The molecule has 0 saturated heterocycles. The Kier molecular flexibility index (Phi) is 24.0. The molecule has 15 heterocycles. The van der Waals surface area contributed by atoms with Gasteiger partial charge in [-0.1, -0.05) is 80.5 Å². The second-order valence-corrected chi connectivity index (χ2v) is 39.2. The largest absolute Gasteiger partial charge is 0.410 e. The first-order valence-electron chi connectivity index (χ1n) is 41.3. The number of aromatic nitrogens is 15. The van der Waals surface area contributed by atoms with E-state index in [4.69, 9.17) is 34.3 Å². The van der Waals surface area contributed by atoms with Crippen LogP contribution < -0.4 is 21.3 Å². The molecule has 3 aliphatic carbocycles. The van der Waals surface area contributed by atoms with Gasteiger partial charge in [0.15, 0.2) is 8.32 Å². The maximum atomic E-state index is 10.1. The van der Waals surface area contributed by atoms with Gasteiger partial charge in [0.05, 0.1) is 72.0 Å². The van der Waals surface area contributed by atoms with Crippen LogP contribution in [0.5, 0.6) is 0 Å². The molecule has 18 rings (SSSR count). The molecule has 0 radical (unpaired) electrons. The molecule has 12 aromatic heterocycles. The third kappa shape index (κ3) is 17.2. The van der Waals surface area contributed by atoms with E-state index in [1.165, 1.54) is 99.1 Å². The summed E-state index contributed by atoms with van der Waals surface area (Å²) in [4.78, 5) is 71.6.